The summed E-state index contributed by atoms with van der Waals surface area (Å²) in [6, 6.07) is 8.34. The van der Waals surface area contributed by atoms with E-state index >= 15 is 0 Å². The van der Waals surface area contributed by atoms with E-state index in [0.29, 0.717) is 26.4 Å². The van der Waals surface area contributed by atoms with Crippen molar-refractivity contribution in [1.29, 1.82) is 0 Å². The summed E-state index contributed by atoms with van der Waals surface area (Å²) in [7, 11) is 0. The van der Waals surface area contributed by atoms with Crippen LogP contribution in [0.3, 0.4) is 0 Å². The SMILES string of the molecule is CCNC(=NCc1ccc(C)cc1OCCOCC)NCCCn1nc(C)cc1C.I. The lowest BCUT2D eigenvalue weighted by molar-refractivity contribution is 0.110. The molecule has 1 heterocycles. The van der Waals surface area contributed by atoms with Gasteiger partial charge in [0.2, 0.25) is 0 Å². The number of hydrogen-bond donors (Lipinski definition) is 2. The predicted molar refractivity (Wildman–Crippen MR) is 138 cm³/mol. The van der Waals surface area contributed by atoms with E-state index in [2.05, 4.69) is 65.5 Å². The molecule has 0 radical (unpaired) electrons. The van der Waals surface area contributed by atoms with E-state index in [4.69, 9.17) is 14.5 Å². The number of aromatic nitrogens is 2. The number of ether oxygens (including phenoxy) is 2. The second-order valence-electron chi connectivity index (χ2n) is 7.28. The van der Waals surface area contributed by atoms with Crippen LogP contribution in [0, 0.1) is 20.8 Å². The van der Waals surface area contributed by atoms with E-state index in [9.17, 15) is 0 Å². The fourth-order valence-corrected chi connectivity index (χ4v) is 3.12. The van der Waals surface area contributed by atoms with Crippen molar-refractivity contribution in [1.82, 2.24) is 20.4 Å². The first-order valence-electron chi connectivity index (χ1n) is 10.9. The molecule has 174 valence electrons. The van der Waals surface area contributed by atoms with Crippen molar-refractivity contribution in [2.75, 3.05) is 32.9 Å². The fourth-order valence-electron chi connectivity index (χ4n) is 3.12. The summed E-state index contributed by atoms with van der Waals surface area (Å²) in [6.45, 7) is 15.2. The van der Waals surface area contributed by atoms with Crippen molar-refractivity contribution in [3.8, 4) is 5.75 Å². The Kier molecular flexibility index (Phi) is 13.2. The van der Waals surface area contributed by atoms with Crippen molar-refractivity contribution < 1.29 is 9.47 Å². The molecule has 2 N–H and O–H groups in total. The van der Waals surface area contributed by atoms with Gasteiger partial charge in [0.05, 0.1) is 18.8 Å². The van der Waals surface area contributed by atoms with Gasteiger partial charge in [-0.15, -0.1) is 24.0 Å². The van der Waals surface area contributed by atoms with Crippen LogP contribution in [0.15, 0.2) is 29.3 Å². The Bertz CT molecular complexity index is 807. The monoisotopic (exact) mass is 543 g/mol. The molecule has 0 aliphatic heterocycles. The highest BCUT2D eigenvalue weighted by Gasteiger charge is 2.06. The highest BCUT2D eigenvalue weighted by atomic mass is 127. The molecule has 0 atom stereocenters. The van der Waals surface area contributed by atoms with Gasteiger partial charge < -0.3 is 20.1 Å². The van der Waals surface area contributed by atoms with Crippen LogP contribution in [-0.4, -0.2) is 48.7 Å². The van der Waals surface area contributed by atoms with E-state index in [1.165, 1.54) is 11.3 Å². The van der Waals surface area contributed by atoms with Crippen molar-refractivity contribution in [2.24, 2.45) is 4.99 Å². The maximum Gasteiger partial charge on any atom is 0.191 e. The van der Waals surface area contributed by atoms with Gasteiger partial charge in [-0.1, -0.05) is 12.1 Å². The molecule has 7 nitrogen and oxygen atoms in total. The Morgan fingerprint density at radius 3 is 2.58 bits per heavy atom. The Morgan fingerprint density at radius 1 is 1.10 bits per heavy atom. The molecule has 2 rings (SSSR count). The summed E-state index contributed by atoms with van der Waals surface area (Å²) in [5, 5.41) is 11.2. The van der Waals surface area contributed by atoms with Gasteiger partial charge in [0.15, 0.2) is 5.96 Å². The van der Waals surface area contributed by atoms with Crippen molar-refractivity contribution >= 4 is 29.9 Å². The second-order valence-corrected chi connectivity index (χ2v) is 7.28. The zero-order valence-corrected chi connectivity index (χ0v) is 21.9. The van der Waals surface area contributed by atoms with Crippen LogP contribution >= 0.6 is 24.0 Å². The lowest BCUT2D eigenvalue weighted by Gasteiger charge is -2.14. The minimum atomic E-state index is 0. The summed E-state index contributed by atoms with van der Waals surface area (Å²) < 4.78 is 13.4. The van der Waals surface area contributed by atoms with Crippen molar-refractivity contribution in [3.63, 3.8) is 0 Å². The standard InChI is InChI=1S/C23H37N5O2.HI/c1-6-24-23(25-11-8-12-28-20(5)16-19(4)27-28)26-17-21-10-9-18(3)15-22(21)30-14-13-29-7-2;/h9-10,15-16H,6-8,11-14,17H2,1-5H3,(H2,24,25,26);1H. The van der Waals surface area contributed by atoms with Gasteiger partial charge in [-0.2, -0.15) is 5.10 Å². The normalized spacial score (nSPS) is 11.2. The molecule has 0 spiro atoms. The van der Waals surface area contributed by atoms with E-state index in [1.54, 1.807) is 0 Å². The number of aliphatic imine (C=N–C) groups is 1. The number of aryl methyl sites for hydroxylation is 4. The van der Waals surface area contributed by atoms with Gasteiger partial charge >= 0.3 is 0 Å². The molecule has 0 fully saturated rings. The Hall–Kier alpha value is -1.81. The van der Waals surface area contributed by atoms with Crippen molar-refractivity contribution in [2.45, 2.75) is 54.1 Å². The third-order valence-electron chi connectivity index (χ3n) is 4.61. The first-order chi connectivity index (χ1) is 14.5. The maximum absolute atomic E-state index is 5.93. The lowest BCUT2D eigenvalue weighted by atomic mass is 10.1. The highest BCUT2D eigenvalue weighted by Crippen LogP contribution is 2.21. The molecule has 0 saturated heterocycles. The zero-order chi connectivity index (χ0) is 21.8. The summed E-state index contributed by atoms with van der Waals surface area (Å²) in [5.74, 6) is 1.69. The van der Waals surface area contributed by atoms with Gasteiger partial charge in [0.25, 0.3) is 0 Å². The Labute approximate surface area is 204 Å². The minimum Gasteiger partial charge on any atom is -0.491 e. The molecule has 0 saturated carbocycles. The van der Waals surface area contributed by atoms with E-state index in [-0.39, 0.29) is 24.0 Å². The van der Waals surface area contributed by atoms with Gasteiger partial charge in [-0.3, -0.25) is 4.68 Å². The Morgan fingerprint density at radius 2 is 1.90 bits per heavy atom. The minimum absolute atomic E-state index is 0. The first kappa shape index (κ1) is 27.2. The third-order valence-corrected chi connectivity index (χ3v) is 4.61. The van der Waals surface area contributed by atoms with Crippen LogP contribution in [0.2, 0.25) is 0 Å². The summed E-state index contributed by atoms with van der Waals surface area (Å²) in [6.07, 6.45) is 0.975. The van der Waals surface area contributed by atoms with Gasteiger partial charge in [0.1, 0.15) is 12.4 Å². The number of guanidine groups is 1. The highest BCUT2D eigenvalue weighted by molar-refractivity contribution is 14.0. The number of nitrogens with zero attached hydrogens (tertiary/aromatic N) is 3. The molecule has 1 aromatic carbocycles. The molecule has 31 heavy (non-hydrogen) atoms. The van der Waals surface area contributed by atoms with Crippen LogP contribution in [0.25, 0.3) is 0 Å². The molecule has 0 bridgehead atoms. The molecule has 0 unspecified atom stereocenters. The molecule has 0 aliphatic carbocycles. The molecular formula is C23H38IN5O2. The molecule has 2 aromatic rings. The average molecular weight is 543 g/mol. The van der Waals surface area contributed by atoms with Crippen LogP contribution in [0.5, 0.6) is 5.75 Å². The Balaban J connectivity index is 0.00000480. The molecule has 0 aliphatic rings. The summed E-state index contributed by atoms with van der Waals surface area (Å²) in [4.78, 5) is 4.75. The first-order valence-corrected chi connectivity index (χ1v) is 10.9. The maximum atomic E-state index is 5.93. The van der Waals surface area contributed by atoms with E-state index in [1.807, 2.05) is 13.8 Å². The smallest absolute Gasteiger partial charge is 0.191 e. The lowest BCUT2D eigenvalue weighted by Crippen LogP contribution is -2.38. The van der Waals surface area contributed by atoms with Gasteiger partial charge in [0, 0.05) is 37.5 Å². The van der Waals surface area contributed by atoms with Crippen molar-refractivity contribution in [3.05, 3.63) is 46.8 Å². The number of benzene rings is 1. The van der Waals surface area contributed by atoms with E-state index in [0.717, 1.165) is 49.0 Å². The van der Waals surface area contributed by atoms with Gasteiger partial charge in [-0.05, 0) is 58.7 Å². The largest absolute Gasteiger partial charge is 0.491 e. The van der Waals surface area contributed by atoms with Crippen LogP contribution in [-0.2, 0) is 17.8 Å². The summed E-state index contributed by atoms with van der Waals surface area (Å²) >= 11 is 0. The number of nitrogens with one attached hydrogen (secondary N) is 2. The second kappa shape index (κ2) is 15.1. The summed E-state index contributed by atoms with van der Waals surface area (Å²) in [5.41, 5.74) is 4.50. The van der Waals surface area contributed by atoms with Gasteiger partial charge in [-0.25, -0.2) is 4.99 Å². The van der Waals surface area contributed by atoms with Crippen LogP contribution < -0.4 is 15.4 Å². The predicted octanol–water partition coefficient (Wildman–Crippen LogP) is 3.99. The van der Waals surface area contributed by atoms with E-state index < -0.39 is 0 Å². The zero-order valence-electron chi connectivity index (χ0n) is 19.5. The number of rotatable bonds is 12. The average Bonchev–Trinajstić information content (AvgIpc) is 3.04. The van der Waals surface area contributed by atoms with Crippen LogP contribution in [0.1, 0.15) is 42.8 Å². The topological polar surface area (TPSA) is 72.7 Å². The number of hydrogen-bond acceptors (Lipinski definition) is 4. The number of halogens is 1. The molecule has 1 aromatic heterocycles. The molecular weight excluding hydrogens is 505 g/mol. The third kappa shape index (κ3) is 9.90. The fraction of sp³-hybridized carbons (Fsp3) is 0.565. The molecule has 8 heteroatoms. The van der Waals surface area contributed by atoms with Crippen LogP contribution in [0.4, 0.5) is 0 Å². The quantitative estimate of drug-likeness (QED) is 0.183. The molecule has 0 amide bonds.